The van der Waals surface area contributed by atoms with Crippen molar-refractivity contribution in [2.75, 3.05) is 27.4 Å². The summed E-state index contributed by atoms with van der Waals surface area (Å²) in [6.07, 6.45) is 0. The van der Waals surface area contributed by atoms with E-state index in [1.54, 1.807) is 32.2 Å². The van der Waals surface area contributed by atoms with Crippen molar-refractivity contribution in [1.29, 1.82) is 5.26 Å². The third kappa shape index (κ3) is 10.6. The maximum absolute atomic E-state index is 7.24. The number of hydrogen-bond acceptors (Lipinski definition) is 13. The Hall–Kier alpha value is -5.14. The highest BCUT2D eigenvalue weighted by Crippen LogP contribution is 2.30. The first-order chi connectivity index (χ1) is 28.0. The normalized spacial score (nSPS) is 10.3. The zero-order valence-corrected chi connectivity index (χ0v) is 37.4. The van der Waals surface area contributed by atoms with Gasteiger partial charge in [0.1, 0.15) is 26.3 Å². The number of hydrogen-bond donors (Lipinski definition) is 5. The van der Waals surface area contributed by atoms with E-state index in [4.69, 9.17) is 26.7 Å². The molecule has 0 saturated carbocycles. The molecule has 17 heteroatoms. The van der Waals surface area contributed by atoms with Crippen LogP contribution in [0.25, 0.3) is 37.4 Å². The topological polar surface area (TPSA) is 181 Å². The van der Waals surface area contributed by atoms with Crippen LogP contribution in [0, 0.1) is 10.2 Å². The summed E-state index contributed by atoms with van der Waals surface area (Å²) in [5, 5.41) is 23.4. The molecule has 0 aliphatic heterocycles. The summed E-state index contributed by atoms with van der Waals surface area (Å²) in [6.45, 7) is 1.39. The van der Waals surface area contributed by atoms with Crippen molar-refractivity contribution in [2.45, 2.75) is 13.1 Å². The number of halogens is 3. The van der Waals surface area contributed by atoms with Crippen molar-refractivity contribution in [1.82, 2.24) is 29.5 Å². The van der Waals surface area contributed by atoms with Crippen LogP contribution < -0.4 is 27.4 Å². The van der Waals surface area contributed by atoms with Crippen LogP contribution in [0.2, 0.25) is 0 Å². The average molecular weight is 1080 g/mol. The van der Waals surface area contributed by atoms with E-state index in [-0.39, 0.29) is 0 Å². The molecule has 7 N–H and O–H groups in total. The van der Waals surface area contributed by atoms with E-state index in [0.717, 1.165) is 48.8 Å². The highest BCUT2D eigenvalue weighted by molar-refractivity contribution is 15.0. The van der Waals surface area contributed by atoms with Crippen molar-refractivity contribution >= 4 is 142 Å². The first-order valence-electron chi connectivity index (χ1n) is 17.1. The average Bonchev–Trinajstić information content (AvgIpc) is 4.01. The number of nitrogen functional groups attached to an aromatic ring is 2. The van der Waals surface area contributed by atoms with Crippen LogP contribution >= 0.6 is 75.8 Å². The molecule has 57 heavy (non-hydrogen) atoms. The van der Waals surface area contributed by atoms with Gasteiger partial charge in [0.05, 0.1) is 33.2 Å². The maximum Gasteiger partial charge on any atom is 0.240 e. The van der Waals surface area contributed by atoms with Gasteiger partial charge in [-0.2, -0.15) is 15.2 Å². The molecule has 9 aromatic rings. The Balaban J connectivity index is 0.000000174. The van der Waals surface area contributed by atoms with Gasteiger partial charge in [-0.15, -0.1) is 22.7 Å². The number of benzene rings is 4. The van der Waals surface area contributed by atoms with E-state index in [1.165, 1.54) is 11.1 Å². The van der Waals surface area contributed by atoms with E-state index in [9.17, 15) is 0 Å². The minimum Gasteiger partial charge on any atom is -0.397 e. The third-order valence-electron chi connectivity index (χ3n) is 8.24. The summed E-state index contributed by atoms with van der Waals surface area (Å²) >= 11 is 9.86. The Labute approximate surface area is 368 Å². The zero-order valence-electron chi connectivity index (χ0n) is 29.9. The van der Waals surface area contributed by atoms with Gasteiger partial charge in [0.2, 0.25) is 17.8 Å². The van der Waals surface area contributed by atoms with Gasteiger partial charge in [-0.25, -0.2) is 19.5 Å². The Bertz CT molecular complexity index is 2720. The van der Waals surface area contributed by atoms with Gasteiger partial charge in [-0.3, -0.25) is 0 Å². The quantitative estimate of drug-likeness (QED) is 0.0685. The molecular formula is C40H33BrI2N12S2. The Morgan fingerprint density at radius 2 is 1.18 bits per heavy atom. The van der Waals surface area contributed by atoms with Gasteiger partial charge in [0, 0.05) is 66.3 Å². The highest BCUT2D eigenvalue weighted by atomic mass is 128. The number of thiophene rings is 2. The second kappa shape index (κ2) is 20.9. The first-order valence-corrected chi connectivity index (χ1v) is 25.9. The smallest absolute Gasteiger partial charge is 0.240 e. The standard InChI is InChI=1S/C20H16N6S.C19H17N5S.CBrN.I2/c21-19-23-15-8-4-5-9-16(15)26(19)20-24-17(14-10-11-27-18(14)25-20)22-12-13-6-2-1-3-7-13;20-15-8-4-5-9-16(15)22-19-23-17(14-10-11-25-18(14)24-19)21-12-13-6-2-1-3-7-13;2-1-3;1-2/h1-11H,12H2,(H2,21,23)(H,22,24,25);1-11H,12,20H2,(H2,21,22,23,24);;. The lowest BCUT2D eigenvalue weighted by Gasteiger charge is -2.11. The molecule has 9 rings (SSSR count). The fourth-order valence-electron chi connectivity index (χ4n) is 5.67. The number of nitrogens with one attached hydrogen (secondary N) is 3. The van der Waals surface area contributed by atoms with Crippen molar-refractivity contribution in [3.63, 3.8) is 0 Å². The molecule has 0 radical (unpaired) electrons. The van der Waals surface area contributed by atoms with Crippen LogP contribution in [0.4, 0.5) is 34.9 Å². The van der Waals surface area contributed by atoms with Crippen molar-refractivity contribution in [2.24, 2.45) is 0 Å². The van der Waals surface area contributed by atoms with Crippen LogP contribution in [-0.4, -0.2) is 29.5 Å². The molecule has 286 valence electrons. The van der Waals surface area contributed by atoms with Gasteiger partial charge in [-0.1, -0.05) is 84.9 Å². The molecule has 0 unspecified atom stereocenters. The monoisotopic (exact) mass is 1080 g/mol. The molecule has 0 aliphatic carbocycles. The summed E-state index contributed by atoms with van der Waals surface area (Å²) in [4.78, 5) is 26.5. The Kier molecular flexibility index (Phi) is 15.2. The summed E-state index contributed by atoms with van der Waals surface area (Å²) in [5.74, 6) is 3.03. The number of imidazole rings is 1. The van der Waals surface area contributed by atoms with E-state index >= 15 is 0 Å². The van der Waals surface area contributed by atoms with Gasteiger partial charge < -0.3 is 27.4 Å². The zero-order chi connectivity index (χ0) is 40.0. The third-order valence-corrected chi connectivity index (χ3v) is 9.85. The second-order valence-electron chi connectivity index (χ2n) is 11.8. The molecule has 0 saturated heterocycles. The minimum atomic E-state index is 0.376. The summed E-state index contributed by atoms with van der Waals surface area (Å²) in [6, 6.07) is 39.9. The largest absolute Gasteiger partial charge is 0.397 e. The highest BCUT2D eigenvalue weighted by Gasteiger charge is 2.16. The fourth-order valence-corrected chi connectivity index (χ4v) is 7.20. The fraction of sp³-hybridized carbons (Fsp3) is 0.0500. The van der Waals surface area contributed by atoms with Gasteiger partial charge >= 0.3 is 0 Å². The van der Waals surface area contributed by atoms with E-state index in [0.29, 0.717) is 36.6 Å². The maximum atomic E-state index is 7.24. The van der Waals surface area contributed by atoms with Gasteiger partial charge in [0.15, 0.2) is 0 Å². The number of nitrogens with two attached hydrogens (primary N) is 2. The predicted octanol–water partition coefficient (Wildman–Crippen LogP) is 11.5. The van der Waals surface area contributed by atoms with E-state index < -0.39 is 0 Å². The second-order valence-corrected chi connectivity index (χ2v) is 14.0. The van der Waals surface area contributed by atoms with Crippen LogP contribution in [0.5, 0.6) is 0 Å². The van der Waals surface area contributed by atoms with Crippen LogP contribution in [0.15, 0.2) is 132 Å². The molecule has 0 amide bonds. The number of nitrogens with zero attached hydrogens (tertiary/aromatic N) is 7. The molecule has 0 fully saturated rings. The van der Waals surface area contributed by atoms with Crippen LogP contribution in [-0.2, 0) is 13.1 Å². The lowest BCUT2D eigenvalue weighted by atomic mass is 10.2. The number of nitriles is 1. The number of para-hydroxylation sites is 4. The first kappa shape index (κ1) is 41.5. The van der Waals surface area contributed by atoms with E-state index in [2.05, 4.69) is 108 Å². The molecule has 5 heterocycles. The summed E-state index contributed by atoms with van der Waals surface area (Å²) < 4.78 is 1.79. The van der Waals surface area contributed by atoms with E-state index in [1.807, 2.05) is 108 Å². The number of fused-ring (bicyclic) bond motifs is 3. The lowest BCUT2D eigenvalue weighted by Crippen LogP contribution is -2.08. The van der Waals surface area contributed by atoms with Crippen LogP contribution in [0.3, 0.4) is 0 Å². The SMILES string of the molecule is II.N#CBr.Nc1ccccc1Nc1nc(NCc2ccccc2)c2ccsc2n1.Nc1nc2ccccc2n1-c1nc(NCc2ccccc2)c2ccsc2n1. The van der Waals surface area contributed by atoms with Crippen molar-refractivity contribution in [3.8, 4) is 10.9 Å². The Morgan fingerprint density at radius 3 is 1.79 bits per heavy atom. The molecule has 12 nitrogen and oxygen atoms in total. The molecule has 0 aliphatic rings. The molecule has 5 aromatic heterocycles. The molecule has 0 atom stereocenters. The molecule has 0 spiro atoms. The summed E-state index contributed by atoms with van der Waals surface area (Å²) in [5.41, 5.74) is 17.7. The number of rotatable bonds is 9. The molecule has 0 bridgehead atoms. The van der Waals surface area contributed by atoms with Gasteiger partial charge in [0.25, 0.3) is 0 Å². The molecule has 4 aromatic carbocycles. The van der Waals surface area contributed by atoms with Crippen LogP contribution in [0.1, 0.15) is 11.1 Å². The number of anilines is 6. The van der Waals surface area contributed by atoms with Crippen molar-refractivity contribution in [3.05, 3.63) is 143 Å². The number of aromatic nitrogens is 6. The lowest BCUT2D eigenvalue weighted by molar-refractivity contribution is 0.973. The minimum absolute atomic E-state index is 0.376. The molecular weight excluding hydrogens is 1050 g/mol. The van der Waals surface area contributed by atoms with Crippen molar-refractivity contribution < 1.29 is 0 Å². The van der Waals surface area contributed by atoms with Gasteiger partial charge in [-0.05, 0) is 58.3 Å². The summed E-state index contributed by atoms with van der Waals surface area (Å²) in [7, 11) is 0. The predicted molar refractivity (Wildman–Crippen MR) is 258 cm³/mol. The Morgan fingerprint density at radius 1 is 0.649 bits per heavy atom.